The fourth-order valence-electron chi connectivity index (χ4n) is 2.02. The first-order valence-electron chi connectivity index (χ1n) is 6.61. The van der Waals surface area contributed by atoms with Gasteiger partial charge in [-0.2, -0.15) is 0 Å². The Morgan fingerprint density at radius 1 is 1.30 bits per heavy atom. The van der Waals surface area contributed by atoms with Crippen LogP contribution in [-0.2, 0) is 9.53 Å². The Balaban J connectivity index is 1.92. The smallest absolute Gasteiger partial charge is 0.251 e. The summed E-state index contributed by atoms with van der Waals surface area (Å²) in [5.74, 6) is -0.399. The van der Waals surface area contributed by atoms with Gasteiger partial charge in [0.2, 0.25) is 5.91 Å². The third kappa shape index (κ3) is 3.93. The van der Waals surface area contributed by atoms with Crippen LogP contribution in [0.15, 0.2) is 36.9 Å². The van der Waals surface area contributed by atoms with E-state index in [0.717, 1.165) is 19.4 Å². The first-order chi connectivity index (χ1) is 9.69. The molecule has 1 fully saturated rings. The molecular formula is C15H18N2O3. The van der Waals surface area contributed by atoms with Gasteiger partial charge in [-0.25, -0.2) is 0 Å². The number of rotatable bonds is 4. The summed E-state index contributed by atoms with van der Waals surface area (Å²) >= 11 is 0. The molecule has 1 unspecified atom stereocenters. The van der Waals surface area contributed by atoms with Crippen molar-refractivity contribution in [3.8, 4) is 0 Å². The largest absolute Gasteiger partial charge is 0.379 e. The molecular weight excluding hydrogens is 256 g/mol. The molecule has 1 aliphatic heterocycles. The maximum absolute atomic E-state index is 12.0. The van der Waals surface area contributed by atoms with Crippen molar-refractivity contribution in [3.05, 3.63) is 42.5 Å². The van der Waals surface area contributed by atoms with E-state index >= 15 is 0 Å². The predicted molar refractivity (Wildman–Crippen MR) is 76.6 cm³/mol. The van der Waals surface area contributed by atoms with E-state index in [1.807, 2.05) is 0 Å². The van der Waals surface area contributed by atoms with Crippen LogP contribution in [0.1, 0.15) is 23.2 Å². The third-order valence-corrected chi connectivity index (χ3v) is 3.10. The van der Waals surface area contributed by atoms with E-state index in [4.69, 9.17) is 4.74 Å². The van der Waals surface area contributed by atoms with Crippen molar-refractivity contribution in [1.29, 1.82) is 0 Å². The zero-order chi connectivity index (χ0) is 14.4. The highest BCUT2D eigenvalue weighted by atomic mass is 16.5. The van der Waals surface area contributed by atoms with E-state index in [2.05, 4.69) is 17.2 Å². The summed E-state index contributed by atoms with van der Waals surface area (Å²) in [4.78, 5) is 23.2. The Morgan fingerprint density at radius 2 is 2.05 bits per heavy atom. The van der Waals surface area contributed by atoms with Gasteiger partial charge in [-0.3, -0.25) is 9.59 Å². The number of nitrogens with one attached hydrogen (secondary N) is 2. The molecule has 1 saturated heterocycles. The van der Waals surface area contributed by atoms with E-state index in [1.165, 1.54) is 6.08 Å². The van der Waals surface area contributed by atoms with Gasteiger partial charge in [0.15, 0.2) is 0 Å². The molecule has 5 nitrogen and oxygen atoms in total. The van der Waals surface area contributed by atoms with Gasteiger partial charge >= 0.3 is 0 Å². The highest BCUT2D eigenvalue weighted by molar-refractivity contribution is 5.99. The third-order valence-electron chi connectivity index (χ3n) is 3.10. The van der Waals surface area contributed by atoms with Crippen LogP contribution in [0.25, 0.3) is 0 Å². The molecule has 0 saturated carbocycles. The Labute approximate surface area is 118 Å². The first kappa shape index (κ1) is 14.3. The Bertz CT molecular complexity index is 490. The molecule has 2 rings (SSSR count). The molecule has 2 amide bonds. The standard InChI is InChI=1S/C15H18N2O3/c1-2-14(18)16-12-7-5-11(6-8-12)15(19)17-13-4-3-9-20-10-13/h2,5-8,13H,1,3-4,9-10H2,(H,16,18)(H,17,19). The zero-order valence-electron chi connectivity index (χ0n) is 11.2. The average Bonchev–Trinajstić information content (AvgIpc) is 2.49. The summed E-state index contributed by atoms with van der Waals surface area (Å²) in [6.07, 6.45) is 3.11. The van der Waals surface area contributed by atoms with Crippen molar-refractivity contribution < 1.29 is 14.3 Å². The van der Waals surface area contributed by atoms with Gasteiger partial charge in [-0.05, 0) is 43.2 Å². The molecule has 0 radical (unpaired) electrons. The Kier molecular flexibility index (Phi) is 4.90. The molecule has 1 atom stereocenters. The summed E-state index contributed by atoms with van der Waals surface area (Å²) in [6, 6.07) is 6.81. The summed E-state index contributed by atoms with van der Waals surface area (Å²) in [5.41, 5.74) is 1.19. The molecule has 0 aliphatic carbocycles. The van der Waals surface area contributed by atoms with Crippen molar-refractivity contribution >= 4 is 17.5 Å². The lowest BCUT2D eigenvalue weighted by molar-refractivity contribution is -0.111. The number of benzene rings is 1. The Morgan fingerprint density at radius 3 is 2.65 bits per heavy atom. The highest BCUT2D eigenvalue weighted by Gasteiger charge is 2.16. The van der Waals surface area contributed by atoms with Crippen molar-refractivity contribution in [2.75, 3.05) is 18.5 Å². The van der Waals surface area contributed by atoms with Gasteiger partial charge in [-0.15, -0.1) is 0 Å². The van der Waals surface area contributed by atoms with Crippen LogP contribution in [0, 0.1) is 0 Å². The van der Waals surface area contributed by atoms with Crippen molar-refractivity contribution in [1.82, 2.24) is 5.32 Å². The number of amides is 2. The van der Waals surface area contributed by atoms with Crippen LogP contribution in [0.4, 0.5) is 5.69 Å². The van der Waals surface area contributed by atoms with E-state index in [1.54, 1.807) is 24.3 Å². The van der Waals surface area contributed by atoms with Crippen LogP contribution >= 0.6 is 0 Å². The molecule has 0 aromatic heterocycles. The number of anilines is 1. The minimum absolute atomic E-state index is 0.0800. The molecule has 1 aromatic carbocycles. The van der Waals surface area contributed by atoms with Gasteiger partial charge < -0.3 is 15.4 Å². The molecule has 0 spiro atoms. The van der Waals surface area contributed by atoms with Crippen molar-refractivity contribution in [2.24, 2.45) is 0 Å². The first-order valence-corrected chi connectivity index (χ1v) is 6.61. The van der Waals surface area contributed by atoms with Crippen LogP contribution in [0.5, 0.6) is 0 Å². The van der Waals surface area contributed by atoms with E-state index < -0.39 is 0 Å². The average molecular weight is 274 g/mol. The molecule has 106 valence electrons. The molecule has 1 heterocycles. The van der Waals surface area contributed by atoms with Gasteiger partial charge in [0.05, 0.1) is 12.6 Å². The second-order valence-corrected chi connectivity index (χ2v) is 4.66. The lowest BCUT2D eigenvalue weighted by atomic mass is 10.1. The SMILES string of the molecule is C=CC(=O)Nc1ccc(C(=O)NC2CCCOC2)cc1. The summed E-state index contributed by atoms with van der Waals surface area (Å²) < 4.78 is 5.32. The number of carbonyl (C=O) groups is 2. The van der Waals surface area contributed by atoms with E-state index in [-0.39, 0.29) is 17.9 Å². The van der Waals surface area contributed by atoms with Gasteiger partial charge in [0.25, 0.3) is 5.91 Å². The predicted octanol–water partition coefficient (Wildman–Crippen LogP) is 1.72. The monoisotopic (exact) mass is 274 g/mol. The van der Waals surface area contributed by atoms with Crippen LogP contribution < -0.4 is 10.6 Å². The topological polar surface area (TPSA) is 67.4 Å². The van der Waals surface area contributed by atoms with Gasteiger partial charge in [0, 0.05) is 17.9 Å². The van der Waals surface area contributed by atoms with Crippen LogP contribution in [0.3, 0.4) is 0 Å². The normalized spacial score (nSPS) is 18.1. The molecule has 5 heteroatoms. The van der Waals surface area contributed by atoms with Crippen LogP contribution in [0.2, 0.25) is 0 Å². The minimum atomic E-state index is -0.276. The molecule has 1 aliphatic rings. The second kappa shape index (κ2) is 6.86. The molecule has 20 heavy (non-hydrogen) atoms. The zero-order valence-corrected chi connectivity index (χ0v) is 11.2. The molecule has 1 aromatic rings. The fourth-order valence-corrected chi connectivity index (χ4v) is 2.02. The Hall–Kier alpha value is -2.14. The quantitative estimate of drug-likeness (QED) is 0.821. The maximum Gasteiger partial charge on any atom is 0.251 e. The highest BCUT2D eigenvalue weighted by Crippen LogP contribution is 2.11. The van der Waals surface area contributed by atoms with E-state index in [0.29, 0.717) is 17.9 Å². The summed E-state index contributed by atoms with van der Waals surface area (Å²) in [5, 5.41) is 5.57. The van der Waals surface area contributed by atoms with E-state index in [9.17, 15) is 9.59 Å². The number of ether oxygens (including phenoxy) is 1. The minimum Gasteiger partial charge on any atom is -0.379 e. The number of hydrogen-bond donors (Lipinski definition) is 2. The van der Waals surface area contributed by atoms with Gasteiger partial charge in [0.1, 0.15) is 0 Å². The molecule has 2 N–H and O–H groups in total. The van der Waals surface area contributed by atoms with Crippen molar-refractivity contribution in [3.63, 3.8) is 0 Å². The number of hydrogen-bond acceptors (Lipinski definition) is 3. The van der Waals surface area contributed by atoms with Crippen LogP contribution in [-0.4, -0.2) is 31.1 Å². The lowest BCUT2D eigenvalue weighted by Gasteiger charge is -2.23. The fraction of sp³-hybridized carbons (Fsp3) is 0.333. The second-order valence-electron chi connectivity index (χ2n) is 4.66. The molecule has 0 bridgehead atoms. The summed E-state index contributed by atoms with van der Waals surface area (Å²) in [7, 11) is 0. The lowest BCUT2D eigenvalue weighted by Crippen LogP contribution is -2.40. The van der Waals surface area contributed by atoms with Crippen molar-refractivity contribution in [2.45, 2.75) is 18.9 Å². The van der Waals surface area contributed by atoms with Gasteiger partial charge in [-0.1, -0.05) is 6.58 Å². The maximum atomic E-state index is 12.0. The summed E-state index contributed by atoms with van der Waals surface area (Å²) in [6.45, 7) is 4.72. The number of carbonyl (C=O) groups excluding carboxylic acids is 2.